The second kappa shape index (κ2) is 6.29. The lowest BCUT2D eigenvalue weighted by molar-refractivity contribution is 0.190. The molecule has 0 aliphatic rings. The van der Waals surface area contributed by atoms with E-state index in [1.807, 2.05) is 0 Å². The van der Waals surface area contributed by atoms with Crippen molar-refractivity contribution in [1.29, 1.82) is 0 Å². The number of benzene rings is 2. The van der Waals surface area contributed by atoms with E-state index in [1.54, 1.807) is 25.1 Å². The Labute approximate surface area is 125 Å². The van der Waals surface area contributed by atoms with Crippen LogP contribution in [-0.2, 0) is 6.61 Å². The van der Waals surface area contributed by atoms with Gasteiger partial charge in [-0.3, -0.25) is 0 Å². The molecule has 2 aromatic rings. The van der Waals surface area contributed by atoms with Gasteiger partial charge in [-0.1, -0.05) is 35.4 Å². The molecular formula is C17H19ClO2. The summed E-state index contributed by atoms with van der Waals surface area (Å²) in [5.74, 6) is 0.672. The maximum atomic E-state index is 9.79. The van der Waals surface area contributed by atoms with Crippen molar-refractivity contribution in [3.8, 4) is 5.75 Å². The molecule has 0 radical (unpaired) electrons. The predicted molar refractivity (Wildman–Crippen MR) is 82.3 cm³/mol. The zero-order valence-corrected chi connectivity index (χ0v) is 12.7. The molecule has 0 bridgehead atoms. The molecule has 1 unspecified atom stereocenters. The first-order valence-electron chi connectivity index (χ1n) is 6.64. The zero-order valence-electron chi connectivity index (χ0n) is 12.0. The van der Waals surface area contributed by atoms with Gasteiger partial charge in [0.2, 0.25) is 0 Å². The minimum absolute atomic E-state index is 0.481. The summed E-state index contributed by atoms with van der Waals surface area (Å²) in [6, 6.07) is 11.6. The zero-order chi connectivity index (χ0) is 14.7. The van der Waals surface area contributed by atoms with Crippen LogP contribution >= 0.6 is 11.6 Å². The van der Waals surface area contributed by atoms with Crippen LogP contribution < -0.4 is 4.74 Å². The number of hydrogen-bond acceptors (Lipinski definition) is 2. The molecule has 0 aromatic heterocycles. The van der Waals surface area contributed by atoms with Gasteiger partial charge in [-0.15, -0.1) is 0 Å². The molecule has 2 aromatic carbocycles. The molecule has 20 heavy (non-hydrogen) atoms. The molecule has 0 spiro atoms. The first-order chi connectivity index (χ1) is 9.47. The smallest absolute Gasteiger partial charge is 0.125 e. The third kappa shape index (κ3) is 3.53. The first kappa shape index (κ1) is 14.9. The number of hydrogen-bond donors (Lipinski definition) is 1. The lowest BCUT2D eigenvalue weighted by Crippen LogP contribution is -2.02. The minimum atomic E-state index is -0.609. The summed E-state index contributed by atoms with van der Waals surface area (Å²) in [5.41, 5.74) is 4.27. The van der Waals surface area contributed by atoms with E-state index >= 15 is 0 Å². The topological polar surface area (TPSA) is 29.5 Å². The molecule has 106 valence electrons. The van der Waals surface area contributed by atoms with Crippen molar-refractivity contribution in [2.45, 2.75) is 33.5 Å². The van der Waals surface area contributed by atoms with Crippen molar-refractivity contribution < 1.29 is 9.84 Å². The van der Waals surface area contributed by atoms with Gasteiger partial charge in [0.1, 0.15) is 12.4 Å². The minimum Gasteiger partial charge on any atom is -0.489 e. The summed E-state index contributed by atoms with van der Waals surface area (Å²) in [7, 11) is 0. The average Bonchev–Trinajstić information content (AvgIpc) is 2.40. The Hall–Kier alpha value is -1.51. The van der Waals surface area contributed by atoms with E-state index in [0.717, 1.165) is 5.56 Å². The SMILES string of the molecule is Cc1ccc(C)c(COc2ccc(Cl)cc2C(C)O)c1. The predicted octanol–water partition coefficient (Wildman–Crippen LogP) is 4.59. The van der Waals surface area contributed by atoms with Crippen molar-refractivity contribution in [3.63, 3.8) is 0 Å². The second-order valence-corrected chi connectivity index (χ2v) is 5.51. The number of ether oxygens (including phenoxy) is 1. The standard InChI is InChI=1S/C17H19ClO2/c1-11-4-5-12(2)14(8-11)10-20-17-7-6-15(18)9-16(17)13(3)19/h4-9,13,19H,10H2,1-3H3. The Morgan fingerprint density at radius 2 is 1.90 bits per heavy atom. The fraction of sp³-hybridized carbons (Fsp3) is 0.294. The van der Waals surface area contributed by atoms with Gasteiger partial charge in [0.15, 0.2) is 0 Å². The number of aryl methyl sites for hydroxylation is 2. The first-order valence-corrected chi connectivity index (χ1v) is 7.01. The fourth-order valence-electron chi connectivity index (χ4n) is 2.09. The van der Waals surface area contributed by atoms with Crippen molar-refractivity contribution in [2.24, 2.45) is 0 Å². The molecule has 0 heterocycles. The van der Waals surface area contributed by atoms with Gasteiger partial charge in [-0.05, 0) is 50.1 Å². The molecule has 2 nitrogen and oxygen atoms in total. The second-order valence-electron chi connectivity index (χ2n) is 5.08. The summed E-state index contributed by atoms with van der Waals surface area (Å²) < 4.78 is 5.86. The highest BCUT2D eigenvalue weighted by atomic mass is 35.5. The van der Waals surface area contributed by atoms with Crippen molar-refractivity contribution >= 4 is 11.6 Å². The van der Waals surface area contributed by atoms with Gasteiger partial charge in [0.05, 0.1) is 6.10 Å². The van der Waals surface area contributed by atoms with E-state index in [4.69, 9.17) is 16.3 Å². The Bertz CT molecular complexity index is 606. The van der Waals surface area contributed by atoms with Gasteiger partial charge < -0.3 is 9.84 Å². The average molecular weight is 291 g/mol. The Balaban J connectivity index is 2.20. The molecular weight excluding hydrogens is 272 g/mol. The Kier molecular flexibility index (Phi) is 4.69. The molecule has 0 amide bonds. The quantitative estimate of drug-likeness (QED) is 0.892. The van der Waals surface area contributed by atoms with E-state index in [1.165, 1.54) is 11.1 Å². The van der Waals surface area contributed by atoms with Crippen LogP contribution in [0.15, 0.2) is 36.4 Å². The molecule has 0 saturated carbocycles. The van der Waals surface area contributed by atoms with E-state index in [9.17, 15) is 5.11 Å². The number of aliphatic hydroxyl groups excluding tert-OH is 1. The molecule has 0 aliphatic carbocycles. The number of aliphatic hydroxyl groups is 1. The molecule has 1 N–H and O–H groups in total. The summed E-state index contributed by atoms with van der Waals surface area (Å²) in [6.07, 6.45) is -0.609. The normalized spacial score (nSPS) is 12.2. The van der Waals surface area contributed by atoms with Crippen LogP contribution in [0, 0.1) is 13.8 Å². The lowest BCUT2D eigenvalue weighted by atomic mass is 10.1. The number of halogens is 1. The molecule has 2 rings (SSSR count). The molecule has 0 fully saturated rings. The van der Waals surface area contributed by atoms with Crippen LogP contribution in [0.2, 0.25) is 5.02 Å². The van der Waals surface area contributed by atoms with Crippen LogP contribution in [-0.4, -0.2) is 5.11 Å². The van der Waals surface area contributed by atoms with Gasteiger partial charge in [0, 0.05) is 10.6 Å². The maximum Gasteiger partial charge on any atom is 0.125 e. The highest BCUT2D eigenvalue weighted by Gasteiger charge is 2.10. The van der Waals surface area contributed by atoms with Crippen LogP contribution in [0.4, 0.5) is 0 Å². The molecule has 1 atom stereocenters. The van der Waals surface area contributed by atoms with Crippen molar-refractivity contribution in [2.75, 3.05) is 0 Å². The van der Waals surface area contributed by atoms with Crippen LogP contribution in [0.5, 0.6) is 5.75 Å². The van der Waals surface area contributed by atoms with Crippen LogP contribution in [0.3, 0.4) is 0 Å². The Morgan fingerprint density at radius 1 is 1.15 bits per heavy atom. The van der Waals surface area contributed by atoms with Crippen molar-refractivity contribution in [3.05, 3.63) is 63.7 Å². The van der Waals surface area contributed by atoms with E-state index in [2.05, 4.69) is 32.0 Å². The van der Waals surface area contributed by atoms with Crippen molar-refractivity contribution in [1.82, 2.24) is 0 Å². The fourth-order valence-corrected chi connectivity index (χ4v) is 2.27. The van der Waals surface area contributed by atoms with Gasteiger partial charge >= 0.3 is 0 Å². The summed E-state index contributed by atoms with van der Waals surface area (Å²) in [5, 5.41) is 10.4. The largest absolute Gasteiger partial charge is 0.489 e. The van der Waals surface area contributed by atoms with E-state index in [-0.39, 0.29) is 0 Å². The van der Waals surface area contributed by atoms with Gasteiger partial charge in [0.25, 0.3) is 0 Å². The highest BCUT2D eigenvalue weighted by Crippen LogP contribution is 2.29. The summed E-state index contributed by atoms with van der Waals surface area (Å²) >= 11 is 5.96. The maximum absolute atomic E-state index is 9.79. The monoisotopic (exact) mass is 290 g/mol. The van der Waals surface area contributed by atoms with E-state index in [0.29, 0.717) is 22.9 Å². The van der Waals surface area contributed by atoms with Gasteiger partial charge in [-0.2, -0.15) is 0 Å². The number of rotatable bonds is 4. The molecule has 0 aliphatic heterocycles. The van der Waals surface area contributed by atoms with Crippen LogP contribution in [0.25, 0.3) is 0 Å². The van der Waals surface area contributed by atoms with Gasteiger partial charge in [-0.25, -0.2) is 0 Å². The molecule has 0 saturated heterocycles. The summed E-state index contributed by atoms with van der Waals surface area (Å²) in [4.78, 5) is 0. The molecule has 3 heteroatoms. The van der Waals surface area contributed by atoms with Crippen LogP contribution in [0.1, 0.15) is 35.3 Å². The highest BCUT2D eigenvalue weighted by molar-refractivity contribution is 6.30. The third-order valence-corrected chi connectivity index (χ3v) is 3.54. The Morgan fingerprint density at radius 3 is 2.60 bits per heavy atom. The third-order valence-electron chi connectivity index (χ3n) is 3.31. The van der Waals surface area contributed by atoms with E-state index < -0.39 is 6.10 Å². The lowest BCUT2D eigenvalue weighted by Gasteiger charge is -2.15. The summed E-state index contributed by atoms with van der Waals surface area (Å²) in [6.45, 7) is 6.31.